The Hall–Kier alpha value is -2.62. The van der Waals surface area contributed by atoms with Gasteiger partial charge in [0.25, 0.3) is 0 Å². The molecule has 3 rings (SSSR count). The number of hydrogen-bond donors (Lipinski definition) is 1. The molecule has 2 aromatic carbocycles. The second-order valence-corrected chi connectivity index (χ2v) is 8.05. The van der Waals surface area contributed by atoms with Gasteiger partial charge in [-0.3, -0.25) is 4.79 Å². The maximum absolute atomic E-state index is 12.2. The van der Waals surface area contributed by atoms with E-state index in [1.165, 1.54) is 50.5 Å². The van der Waals surface area contributed by atoms with Crippen LogP contribution in [0.4, 0.5) is 0 Å². The summed E-state index contributed by atoms with van der Waals surface area (Å²) in [6, 6.07) is 18.2. The molecule has 0 spiro atoms. The fraction of sp³-hybridized carbons (Fsp3) is 0.462. The summed E-state index contributed by atoms with van der Waals surface area (Å²) in [6.45, 7) is 3.88. The van der Waals surface area contributed by atoms with Crippen LogP contribution in [0.2, 0.25) is 0 Å². The summed E-state index contributed by atoms with van der Waals surface area (Å²) in [7, 11) is 0. The number of amides is 1. The van der Waals surface area contributed by atoms with Crippen molar-refractivity contribution in [3.8, 4) is 0 Å². The molecule has 0 aliphatic carbocycles. The molecule has 1 aromatic heterocycles. The predicted octanol–water partition coefficient (Wildman–Crippen LogP) is 5.69. The molecule has 0 aliphatic rings. The highest BCUT2D eigenvalue weighted by atomic mass is 16.1. The molecular formula is C26H35N3O. The lowest BCUT2D eigenvalue weighted by atomic mass is 10.1. The summed E-state index contributed by atoms with van der Waals surface area (Å²) < 4.78 is 2.35. The third-order valence-corrected chi connectivity index (χ3v) is 5.60. The van der Waals surface area contributed by atoms with Gasteiger partial charge in [0.1, 0.15) is 5.82 Å². The molecule has 1 amide bonds. The third-order valence-electron chi connectivity index (χ3n) is 5.60. The summed E-state index contributed by atoms with van der Waals surface area (Å²) in [4.78, 5) is 17.1. The average molecular weight is 406 g/mol. The van der Waals surface area contributed by atoms with Crippen molar-refractivity contribution in [3.05, 3.63) is 66.0 Å². The van der Waals surface area contributed by atoms with Gasteiger partial charge in [-0.05, 0) is 24.1 Å². The Bertz CT molecular complexity index is 901. The van der Waals surface area contributed by atoms with E-state index < -0.39 is 0 Å². The van der Waals surface area contributed by atoms with Gasteiger partial charge in [0, 0.05) is 19.5 Å². The van der Waals surface area contributed by atoms with Gasteiger partial charge in [-0.2, -0.15) is 0 Å². The van der Waals surface area contributed by atoms with Gasteiger partial charge in [-0.1, -0.05) is 87.9 Å². The van der Waals surface area contributed by atoms with Crippen LogP contribution in [-0.2, 0) is 24.2 Å². The molecule has 1 heterocycles. The summed E-state index contributed by atoms with van der Waals surface area (Å²) >= 11 is 0. The SMILES string of the molecule is CCCCCCCCCn1c(CCNC(=O)Cc2ccccc2)nc2ccccc21. The molecule has 4 nitrogen and oxygen atoms in total. The quantitative estimate of drug-likeness (QED) is 0.371. The van der Waals surface area contributed by atoms with Crippen LogP contribution >= 0.6 is 0 Å². The molecule has 0 fully saturated rings. The van der Waals surface area contributed by atoms with Crippen LogP contribution in [0.3, 0.4) is 0 Å². The summed E-state index contributed by atoms with van der Waals surface area (Å²) in [6.07, 6.45) is 10.3. The van der Waals surface area contributed by atoms with Gasteiger partial charge in [-0.25, -0.2) is 4.98 Å². The zero-order valence-electron chi connectivity index (χ0n) is 18.3. The van der Waals surface area contributed by atoms with Crippen molar-refractivity contribution in [2.75, 3.05) is 6.54 Å². The van der Waals surface area contributed by atoms with Crippen LogP contribution in [0.5, 0.6) is 0 Å². The molecule has 0 aliphatic heterocycles. The number of rotatable bonds is 13. The average Bonchev–Trinajstić information content (AvgIpc) is 3.11. The molecule has 160 valence electrons. The number of carbonyl (C=O) groups is 1. The van der Waals surface area contributed by atoms with Crippen LogP contribution in [0.15, 0.2) is 54.6 Å². The van der Waals surface area contributed by atoms with E-state index in [1.807, 2.05) is 36.4 Å². The highest BCUT2D eigenvalue weighted by Gasteiger charge is 2.11. The molecule has 0 unspecified atom stereocenters. The minimum atomic E-state index is 0.0657. The molecule has 0 bridgehead atoms. The number of aromatic nitrogens is 2. The Morgan fingerprint density at radius 2 is 1.60 bits per heavy atom. The van der Waals surface area contributed by atoms with Crippen molar-refractivity contribution in [3.63, 3.8) is 0 Å². The zero-order valence-corrected chi connectivity index (χ0v) is 18.3. The molecule has 1 N–H and O–H groups in total. The topological polar surface area (TPSA) is 46.9 Å². The number of unbranched alkanes of at least 4 members (excludes halogenated alkanes) is 6. The van der Waals surface area contributed by atoms with Crippen molar-refractivity contribution in [1.82, 2.24) is 14.9 Å². The van der Waals surface area contributed by atoms with Crippen molar-refractivity contribution in [2.24, 2.45) is 0 Å². The fourth-order valence-electron chi connectivity index (χ4n) is 3.95. The molecular weight excluding hydrogens is 370 g/mol. The van der Waals surface area contributed by atoms with Gasteiger partial charge in [0.2, 0.25) is 5.91 Å². The minimum Gasteiger partial charge on any atom is -0.355 e. The van der Waals surface area contributed by atoms with Gasteiger partial charge in [0.05, 0.1) is 17.5 Å². The van der Waals surface area contributed by atoms with Crippen molar-refractivity contribution in [1.29, 1.82) is 0 Å². The van der Waals surface area contributed by atoms with E-state index in [0.29, 0.717) is 13.0 Å². The summed E-state index contributed by atoms with van der Waals surface area (Å²) in [5.41, 5.74) is 3.29. The number of benzene rings is 2. The van der Waals surface area contributed by atoms with Crippen LogP contribution in [-0.4, -0.2) is 22.0 Å². The largest absolute Gasteiger partial charge is 0.355 e. The second-order valence-electron chi connectivity index (χ2n) is 8.05. The van der Waals surface area contributed by atoms with E-state index in [2.05, 4.69) is 35.0 Å². The smallest absolute Gasteiger partial charge is 0.224 e. The zero-order chi connectivity index (χ0) is 21.0. The first-order valence-corrected chi connectivity index (χ1v) is 11.5. The van der Waals surface area contributed by atoms with E-state index >= 15 is 0 Å². The highest BCUT2D eigenvalue weighted by Crippen LogP contribution is 2.18. The number of nitrogens with one attached hydrogen (secondary N) is 1. The van der Waals surface area contributed by atoms with Crippen molar-refractivity contribution < 1.29 is 4.79 Å². The number of nitrogens with zero attached hydrogens (tertiary/aromatic N) is 2. The molecule has 30 heavy (non-hydrogen) atoms. The first-order valence-electron chi connectivity index (χ1n) is 11.5. The Balaban J connectivity index is 1.51. The van der Waals surface area contributed by atoms with Crippen molar-refractivity contribution >= 4 is 16.9 Å². The predicted molar refractivity (Wildman–Crippen MR) is 125 cm³/mol. The van der Waals surface area contributed by atoms with E-state index in [9.17, 15) is 4.79 Å². The van der Waals surface area contributed by atoms with Crippen LogP contribution in [0.1, 0.15) is 63.3 Å². The lowest BCUT2D eigenvalue weighted by Crippen LogP contribution is -2.28. The molecule has 0 saturated carbocycles. The highest BCUT2D eigenvalue weighted by molar-refractivity contribution is 5.78. The Kier molecular flexibility index (Phi) is 8.95. The lowest BCUT2D eigenvalue weighted by molar-refractivity contribution is -0.120. The molecule has 4 heteroatoms. The van der Waals surface area contributed by atoms with Gasteiger partial charge in [0.15, 0.2) is 0 Å². The van der Waals surface area contributed by atoms with Crippen LogP contribution in [0.25, 0.3) is 11.0 Å². The van der Waals surface area contributed by atoms with E-state index in [-0.39, 0.29) is 5.91 Å². The van der Waals surface area contributed by atoms with Gasteiger partial charge in [-0.15, -0.1) is 0 Å². The maximum atomic E-state index is 12.2. The maximum Gasteiger partial charge on any atom is 0.224 e. The molecule has 0 radical (unpaired) electrons. The first-order chi connectivity index (χ1) is 14.8. The summed E-state index contributed by atoms with van der Waals surface area (Å²) in [5, 5.41) is 3.05. The number of fused-ring (bicyclic) bond motifs is 1. The third kappa shape index (κ3) is 6.72. The Morgan fingerprint density at radius 3 is 2.40 bits per heavy atom. The normalized spacial score (nSPS) is 11.1. The Morgan fingerprint density at radius 1 is 0.900 bits per heavy atom. The van der Waals surface area contributed by atoms with Crippen LogP contribution in [0, 0.1) is 0 Å². The van der Waals surface area contributed by atoms with Crippen LogP contribution < -0.4 is 5.32 Å². The number of hydrogen-bond acceptors (Lipinski definition) is 2. The number of para-hydroxylation sites is 2. The fourth-order valence-corrected chi connectivity index (χ4v) is 3.95. The minimum absolute atomic E-state index is 0.0657. The number of carbonyl (C=O) groups excluding carboxylic acids is 1. The van der Waals surface area contributed by atoms with E-state index in [1.54, 1.807) is 0 Å². The van der Waals surface area contributed by atoms with E-state index in [0.717, 1.165) is 29.9 Å². The van der Waals surface area contributed by atoms with Gasteiger partial charge < -0.3 is 9.88 Å². The number of aryl methyl sites for hydroxylation is 1. The standard InChI is InChI=1S/C26H35N3O/c1-2-3-4-5-6-7-13-20-29-24-17-12-11-16-23(24)28-25(29)18-19-27-26(30)21-22-14-9-8-10-15-22/h8-12,14-17H,2-7,13,18-21H2,1H3,(H,27,30). The Labute approximate surface area is 180 Å². The molecule has 3 aromatic rings. The number of imidazole rings is 1. The van der Waals surface area contributed by atoms with Crippen molar-refractivity contribution in [2.45, 2.75) is 71.3 Å². The summed E-state index contributed by atoms with van der Waals surface area (Å²) in [5.74, 6) is 1.14. The second kappa shape index (κ2) is 12.2. The lowest BCUT2D eigenvalue weighted by Gasteiger charge is -2.10. The first kappa shape index (κ1) is 22.1. The van der Waals surface area contributed by atoms with Gasteiger partial charge >= 0.3 is 0 Å². The monoisotopic (exact) mass is 405 g/mol. The molecule has 0 saturated heterocycles. The molecule has 0 atom stereocenters. The van der Waals surface area contributed by atoms with E-state index in [4.69, 9.17) is 4.98 Å².